The highest BCUT2D eigenvalue weighted by atomic mass is 16.2. The lowest BCUT2D eigenvalue weighted by molar-refractivity contribution is -0.137. The second-order valence-electron chi connectivity index (χ2n) is 8.36. The molecule has 162 valence electrons. The van der Waals surface area contributed by atoms with Crippen LogP contribution in [0.25, 0.3) is 0 Å². The number of rotatable bonds is 7. The zero-order valence-corrected chi connectivity index (χ0v) is 17.4. The standard InChI is InChI=1S/C22H31N5O3/c1-14-6-4-7-15(12-14)26-22(30)18-10-5-11-27(18)19(28)13-25-17-9-3-2-8-16(17)20(23)21(24)29/h2-3,8-9,14-15,18,23,25H,4-7,10-13H2,1H3,(H2,24,29)(H,26,30)/t14-,15?,18-/m0/s1. The second kappa shape index (κ2) is 9.73. The minimum atomic E-state index is -0.830. The van der Waals surface area contributed by atoms with Gasteiger partial charge in [-0.25, -0.2) is 0 Å². The van der Waals surface area contributed by atoms with Crippen molar-refractivity contribution >= 4 is 29.1 Å². The molecule has 2 fully saturated rings. The number of hydrogen-bond acceptors (Lipinski definition) is 5. The summed E-state index contributed by atoms with van der Waals surface area (Å²) in [7, 11) is 0. The molecule has 3 atom stereocenters. The van der Waals surface area contributed by atoms with Gasteiger partial charge in [0.05, 0.1) is 6.54 Å². The number of amides is 3. The molecule has 0 spiro atoms. The summed E-state index contributed by atoms with van der Waals surface area (Å²) in [5.41, 5.74) is 5.74. The van der Waals surface area contributed by atoms with Crippen molar-refractivity contribution in [3.8, 4) is 0 Å². The Bertz CT molecular complexity index is 825. The van der Waals surface area contributed by atoms with Gasteiger partial charge in [-0.2, -0.15) is 0 Å². The lowest BCUT2D eigenvalue weighted by Gasteiger charge is -2.30. The number of anilines is 1. The maximum atomic E-state index is 12.8. The summed E-state index contributed by atoms with van der Waals surface area (Å²) >= 11 is 0. The summed E-state index contributed by atoms with van der Waals surface area (Å²) < 4.78 is 0. The summed E-state index contributed by atoms with van der Waals surface area (Å²) in [5.74, 6) is -0.446. The van der Waals surface area contributed by atoms with E-state index in [1.54, 1.807) is 29.2 Å². The van der Waals surface area contributed by atoms with Gasteiger partial charge < -0.3 is 21.3 Å². The number of nitrogens with zero attached hydrogens (tertiary/aromatic N) is 1. The number of benzene rings is 1. The highest BCUT2D eigenvalue weighted by molar-refractivity contribution is 6.44. The Labute approximate surface area is 177 Å². The molecule has 1 unspecified atom stereocenters. The van der Waals surface area contributed by atoms with Gasteiger partial charge in [0, 0.05) is 23.8 Å². The molecule has 0 aromatic heterocycles. The van der Waals surface area contributed by atoms with E-state index in [-0.39, 0.29) is 30.1 Å². The monoisotopic (exact) mass is 413 g/mol. The van der Waals surface area contributed by atoms with Crippen LogP contribution in [0.4, 0.5) is 5.69 Å². The first-order valence-corrected chi connectivity index (χ1v) is 10.7. The maximum absolute atomic E-state index is 12.8. The van der Waals surface area contributed by atoms with Crippen LogP contribution >= 0.6 is 0 Å². The Kier molecular flexibility index (Phi) is 7.07. The molecule has 0 radical (unpaired) electrons. The van der Waals surface area contributed by atoms with Gasteiger partial charge in [0.25, 0.3) is 5.91 Å². The van der Waals surface area contributed by atoms with Crippen molar-refractivity contribution in [3.63, 3.8) is 0 Å². The highest BCUT2D eigenvalue weighted by Crippen LogP contribution is 2.25. The number of hydrogen-bond donors (Lipinski definition) is 4. The van der Waals surface area contributed by atoms with Crippen LogP contribution in [0.1, 0.15) is 51.0 Å². The molecular weight excluding hydrogens is 382 g/mol. The predicted molar refractivity (Wildman–Crippen MR) is 115 cm³/mol. The Morgan fingerprint density at radius 2 is 1.93 bits per heavy atom. The summed E-state index contributed by atoms with van der Waals surface area (Å²) in [6.07, 6.45) is 5.80. The average molecular weight is 414 g/mol. The van der Waals surface area contributed by atoms with E-state index in [9.17, 15) is 14.4 Å². The Morgan fingerprint density at radius 3 is 2.67 bits per heavy atom. The van der Waals surface area contributed by atoms with Crippen LogP contribution in [0.2, 0.25) is 0 Å². The summed E-state index contributed by atoms with van der Waals surface area (Å²) in [6, 6.07) is 6.52. The molecule has 1 aromatic carbocycles. The maximum Gasteiger partial charge on any atom is 0.267 e. The second-order valence-corrected chi connectivity index (χ2v) is 8.36. The van der Waals surface area contributed by atoms with Crippen molar-refractivity contribution in [3.05, 3.63) is 29.8 Å². The van der Waals surface area contributed by atoms with E-state index in [1.165, 1.54) is 6.42 Å². The van der Waals surface area contributed by atoms with Crippen LogP contribution in [0.3, 0.4) is 0 Å². The van der Waals surface area contributed by atoms with Gasteiger partial charge in [0.1, 0.15) is 11.8 Å². The first-order chi connectivity index (χ1) is 14.4. The van der Waals surface area contributed by atoms with Gasteiger partial charge in [-0.1, -0.05) is 38.0 Å². The molecule has 8 nitrogen and oxygen atoms in total. The molecule has 1 aliphatic heterocycles. The third-order valence-corrected chi connectivity index (χ3v) is 6.03. The number of nitrogens with one attached hydrogen (secondary N) is 3. The molecule has 0 bridgehead atoms. The molecule has 1 aliphatic carbocycles. The highest BCUT2D eigenvalue weighted by Gasteiger charge is 2.35. The van der Waals surface area contributed by atoms with Gasteiger partial charge in [-0.3, -0.25) is 19.8 Å². The first-order valence-electron chi connectivity index (χ1n) is 10.7. The van der Waals surface area contributed by atoms with Crippen LogP contribution in [-0.2, 0) is 14.4 Å². The van der Waals surface area contributed by atoms with Crippen molar-refractivity contribution in [2.24, 2.45) is 11.7 Å². The van der Waals surface area contributed by atoms with Gasteiger partial charge in [0.2, 0.25) is 11.8 Å². The summed E-state index contributed by atoms with van der Waals surface area (Å²) in [6.45, 7) is 2.75. The fraction of sp³-hybridized carbons (Fsp3) is 0.545. The van der Waals surface area contributed by atoms with Crippen LogP contribution in [0, 0.1) is 11.3 Å². The lowest BCUT2D eigenvalue weighted by Crippen LogP contribution is -2.50. The number of carbonyl (C=O) groups is 3. The third-order valence-electron chi connectivity index (χ3n) is 6.03. The Balaban J connectivity index is 1.59. The largest absolute Gasteiger partial charge is 0.376 e. The minimum Gasteiger partial charge on any atom is -0.376 e. The van der Waals surface area contributed by atoms with E-state index < -0.39 is 11.9 Å². The summed E-state index contributed by atoms with van der Waals surface area (Å²) in [4.78, 5) is 38.6. The number of carbonyl (C=O) groups excluding carboxylic acids is 3. The van der Waals surface area contributed by atoms with E-state index in [4.69, 9.17) is 11.1 Å². The van der Waals surface area contributed by atoms with Gasteiger partial charge in [-0.05, 0) is 37.7 Å². The van der Waals surface area contributed by atoms with Gasteiger partial charge in [0.15, 0.2) is 0 Å². The predicted octanol–water partition coefficient (Wildman–Crippen LogP) is 1.64. The molecular formula is C22H31N5O3. The molecule has 1 saturated heterocycles. The Morgan fingerprint density at radius 1 is 1.17 bits per heavy atom. The molecule has 1 saturated carbocycles. The Hall–Kier alpha value is -2.90. The molecule has 3 amide bonds. The van der Waals surface area contributed by atoms with Gasteiger partial charge >= 0.3 is 0 Å². The van der Waals surface area contributed by atoms with E-state index in [1.807, 2.05) is 0 Å². The number of nitrogens with two attached hydrogens (primary N) is 1. The van der Waals surface area contributed by atoms with Crippen molar-refractivity contribution in [2.75, 3.05) is 18.4 Å². The van der Waals surface area contributed by atoms with Crippen LogP contribution in [-0.4, -0.2) is 53.5 Å². The molecule has 8 heteroatoms. The molecule has 1 aromatic rings. The number of primary amides is 1. The summed E-state index contributed by atoms with van der Waals surface area (Å²) in [5, 5.41) is 14.0. The molecule has 3 rings (SSSR count). The van der Waals surface area contributed by atoms with Gasteiger partial charge in [-0.15, -0.1) is 0 Å². The smallest absolute Gasteiger partial charge is 0.267 e. The molecule has 30 heavy (non-hydrogen) atoms. The van der Waals surface area contributed by atoms with E-state index in [2.05, 4.69) is 17.6 Å². The van der Waals surface area contributed by atoms with Crippen molar-refractivity contribution in [2.45, 2.75) is 57.5 Å². The topological polar surface area (TPSA) is 128 Å². The van der Waals surface area contributed by atoms with E-state index >= 15 is 0 Å². The normalized spacial score (nSPS) is 23.6. The number of para-hydroxylation sites is 1. The minimum absolute atomic E-state index is 0.0205. The van der Waals surface area contributed by atoms with Crippen LogP contribution in [0.5, 0.6) is 0 Å². The SMILES string of the molecule is C[C@H]1CCCC(NC(=O)[C@@H]2CCCN2C(=O)CNc2ccccc2C(=N)C(N)=O)C1. The molecule has 2 aliphatic rings. The third kappa shape index (κ3) is 5.17. The zero-order chi connectivity index (χ0) is 21.7. The van der Waals surface area contributed by atoms with E-state index in [0.29, 0.717) is 30.1 Å². The first kappa shape index (κ1) is 21.8. The fourth-order valence-electron chi connectivity index (χ4n) is 4.46. The zero-order valence-electron chi connectivity index (χ0n) is 17.4. The number of likely N-dealkylation sites (tertiary alicyclic amines) is 1. The molecule has 5 N–H and O–H groups in total. The van der Waals surface area contributed by atoms with Crippen molar-refractivity contribution < 1.29 is 14.4 Å². The van der Waals surface area contributed by atoms with E-state index in [0.717, 1.165) is 25.7 Å². The fourth-order valence-corrected chi connectivity index (χ4v) is 4.46. The molecule has 1 heterocycles. The van der Waals surface area contributed by atoms with Crippen LogP contribution < -0.4 is 16.4 Å². The average Bonchev–Trinajstić information content (AvgIpc) is 3.22. The van der Waals surface area contributed by atoms with Crippen molar-refractivity contribution in [1.29, 1.82) is 5.41 Å². The lowest BCUT2D eigenvalue weighted by atomic mass is 9.87. The van der Waals surface area contributed by atoms with Crippen molar-refractivity contribution in [1.82, 2.24) is 10.2 Å². The quantitative estimate of drug-likeness (QED) is 0.507. The van der Waals surface area contributed by atoms with Crippen LogP contribution in [0.15, 0.2) is 24.3 Å².